The van der Waals surface area contributed by atoms with Gasteiger partial charge in [0.1, 0.15) is 0 Å². The maximum absolute atomic E-state index is 8.46. The van der Waals surface area contributed by atoms with E-state index < -0.39 is 0 Å². The van der Waals surface area contributed by atoms with Crippen LogP contribution in [0.25, 0.3) is 0 Å². The molecule has 0 unspecified atom stereocenters. The average molecular weight is 138 g/mol. The Kier molecular flexibility index (Phi) is 5.49. The standard InChI is InChI=1S/C5H12ClNO/c1-5(4-8)7-3-2-6/h5,7-8H,2-4H2,1H3/t5-/m0/s1. The normalized spacial score (nSPS) is 13.9. The number of halogens is 1. The zero-order chi connectivity index (χ0) is 6.41. The minimum Gasteiger partial charge on any atom is -0.395 e. The van der Waals surface area contributed by atoms with Crippen LogP contribution in [0.3, 0.4) is 0 Å². The van der Waals surface area contributed by atoms with Crippen LogP contribution >= 0.6 is 11.6 Å². The summed E-state index contributed by atoms with van der Waals surface area (Å²) in [6, 6.07) is 0.175. The van der Waals surface area contributed by atoms with Gasteiger partial charge < -0.3 is 10.4 Å². The molecule has 0 spiro atoms. The molecule has 0 aromatic carbocycles. The maximum atomic E-state index is 8.46. The molecule has 0 saturated heterocycles. The highest BCUT2D eigenvalue weighted by Gasteiger charge is 1.93. The Morgan fingerprint density at radius 1 is 1.75 bits per heavy atom. The van der Waals surface area contributed by atoms with E-state index in [9.17, 15) is 0 Å². The highest BCUT2D eigenvalue weighted by atomic mass is 35.5. The molecule has 0 aliphatic heterocycles. The highest BCUT2D eigenvalue weighted by Crippen LogP contribution is 1.77. The zero-order valence-electron chi connectivity index (χ0n) is 5.02. The van der Waals surface area contributed by atoms with Crippen LogP contribution in [0.2, 0.25) is 0 Å². The summed E-state index contributed by atoms with van der Waals surface area (Å²) >= 11 is 5.36. The summed E-state index contributed by atoms with van der Waals surface area (Å²) in [5.41, 5.74) is 0. The molecule has 0 aliphatic rings. The van der Waals surface area contributed by atoms with Crippen molar-refractivity contribution in [1.82, 2.24) is 5.32 Å². The van der Waals surface area contributed by atoms with Crippen molar-refractivity contribution in [3.63, 3.8) is 0 Å². The Bertz CT molecular complexity index is 51.7. The molecule has 3 heteroatoms. The van der Waals surface area contributed by atoms with Gasteiger partial charge in [-0.25, -0.2) is 0 Å². The summed E-state index contributed by atoms with van der Waals surface area (Å²) in [6.07, 6.45) is 0. The van der Waals surface area contributed by atoms with Gasteiger partial charge in [-0.05, 0) is 6.92 Å². The van der Waals surface area contributed by atoms with Crippen molar-refractivity contribution >= 4 is 11.6 Å². The molecule has 1 atom stereocenters. The third-order valence-corrected chi connectivity index (χ3v) is 1.05. The van der Waals surface area contributed by atoms with Gasteiger partial charge in [0.05, 0.1) is 6.61 Å². The molecule has 0 saturated carbocycles. The summed E-state index contributed by atoms with van der Waals surface area (Å²) in [5.74, 6) is 0.602. The molecule has 0 bridgehead atoms. The molecule has 2 nitrogen and oxygen atoms in total. The van der Waals surface area contributed by atoms with Crippen LogP contribution in [-0.2, 0) is 0 Å². The van der Waals surface area contributed by atoms with E-state index in [1.165, 1.54) is 0 Å². The molecule has 0 aromatic rings. The van der Waals surface area contributed by atoms with Gasteiger partial charge in [0.2, 0.25) is 0 Å². The van der Waals surface area contributed by atoms with Gasteiger partial charge in [-0.15, -0.1) is 11.6 Å². The van der Waals surface area contributed by atoms with Crippen LogP contribution in [0.1, 0.15) is 6.92 Å². The third kappa shape index (κ3) is 4.37. The molecule has 0 aromatic heterocycles. The first kappa shape index (κ1) is 8.21. The number of rotatable bonds is 4. The molecule has 8 heavy (non-hydrogen) atoms. The molecule has 0 rings (SSSR count). The Morgan fingerprint density at radius 3 is 2.75 bits per heavy atom. The van der Waals surface area contributed by atoms with E-state index in [-0.39, 0.29) is 12.6 Å². The topological polar surface area (TPSA) is 32.3 Å². The van der Waals surface area contributed by atoms with Crippen LogP contribution < -0.4 is 5.32 Å². The highest BCUT2D eigenvalue weighted by molar-refractivity contribution is 6.18. The van der Waals surface area contributed by atoms with E-state index in [2.05, 4.69) is 5.32 Å². The Balaban J connectivity index is 2.86. The van der Waals surface area contributed by atoms with Crippen molar-refractivity contribution in [2.45, 2.75) is 13.0 Å². The lowest BCUT2D eigenvalue weighted by atomic mass is 10.4. The van der Waals surface area contributed by atoms with Gasteiger partial charge in [-0.2, -0.15) is 0 Å². The maximum Gasteiger partial charge on any atom is 0.0581 e. The number of aliphatic hydroxyl groups excluding tert-OH is 1. The van der Waals surface area contributed by atoms with E-state index in [1.807, 2.05) is 6.92 Å². The Labute approximate surface area is 54.8 Å². The SMILES string of the molecule is C[C@@H](CO)NCCCl. The lowest BCUT2D eigenvalue weighted by Crippen LogP contribution is -2.30. The van der Waals surface area contributed by atoms with Gasteiger partial charge in [0.15, 0.2) is 0 Å². The monoisotopic (exact) mass is 137 g/mol. The fourth-order valence-corrected chi connectivity index (χ4v) is 0.475. The predicted octanol–water partition coefficient (Wildman–Crippen LogP) is 0.196. The van der Waals surface area contributed by atoms with E-state index in [1.54, 1.807) is 0 Å². The van der Waals surface area contributed by atoms with Crippen LogP contribution in [0.15, 0.2) is 0 Å². The quantitative estimate of drug-likeness (QED) is 0.543. The second-order valence-corrected chi connectivity index (χ2v) is 2.10. The van der Waals surface area contributed by atoms with E-state index in [4.69, 9.17) is 16.7 Å². The number of nitrogens with one attached hydrogen (secondary N) is 1. The summed E-state index contributed by atoms with van der Waals surface area (Å²) in [4.78, 5) is 0. The molecule has 0 amide bonds. The second-order valence-electron chi connectivity index (χ2n) is 1.73. The van der Waals surface area contributed by atoms with Gasteiger partial charge in [0, 0.05) is 18.5 Å². The van der Waals surface area contributed by atoms with Crippen molar-refractivity contribution in [2.75, 3.05) is 19.0 Å². The largest absolute Gasteiger partial charge is 0.395 e. The van der Waals surface area contributed by atoms with Crippen molar-refractivity contribution in [3.05, 3.63) is 0 Å². The summed E-state index contributed by atoms with van der Waals surface area (Å²) in [7, 11) is 0. The zero-order valence-corrected chi connectivity index (χ0v) is 5.78. The van der Waals surface area contributed by atoms with Crippen LogP contribution in [0.4, 0.5) is 0 Å². The molecule has 2 N–H and O–H groups in total. The van der Waals surface area contributed by atoms with Crippen molar-refractivity contribution in [1.29, 1.82) is 0 Å². The minimum atomic E-state index is 0.175. The van der Waals surface area contributed by atoms with E-state index >= 15 is 0 Å². The fourth-order valence-electron chi connectivity index (χ4n) is 0.366. The van der Waals surface area contributed by atoms with Crippen molar-refractivity contribution < 1.29 is 5.11 Å². The lowest BCUT2D eigenvalue weighted by molar-refractivity contribution is 0.254. The molecular formula is C5H12ClNO. The third-order valence-electron chi connectivity index (χ3n) is 0.861. The van der Waals surface area contributed by atoms with E-state index in [0.717, 1.165) is 6.54 Å². The molecule has 0 fully saturated rings. The van der Waals surface area contributed by atoms with Crippen molar-refractivity contribution in [2.24, 2.45) is 0 Å². The average Bonchev–Trinajstić information content (AvgIpc) is 1.83. The molecule has 0 aliphatic carbocycles. The number of aliphatic hydroxyl groups is 1. The molecule has 50 valence electrons. The summed E-state index contributed by atoms with van der Waals surface area (Å²) < 4.78 is 0. The summed E-state index contributed by atoms with van der Waals surface area (Å²) in [6.45, 7) is 2.85. The lowest BCUT2D eigenvalue weighted by Gasteiger charge is -2.06. The molecule has 0 radical (unpaired) electrons. The summed E-state index contributed by atoms with van der Waals surface area (Å²) in [5, 5.41) is 11.5. The molecule has 0 heterocycles. The van der Waals surface area contributed by atoms with Crippen LogP contribution in [0, 0.1) is 0 Å². The predicted molar refractivity (Wildman–Crippen MR) is 35.3 cm³/mol. The fraction of sp³-hybridized carbons (Fsp3) is 1.00. The first-order valence-corrected chi connectivity index (χ1v) is 3.25. The van der Waals surface area contributed by atoms with Crippen molar-refractivity contribution in [3.8, 4) is 0 Å². The van der Waals surface area contributed by atoms with Gasteiger partial charge in [0.25, 0.3) is 0 Å². The first-order chi connectivity index (χ1) is 3.81. The van der Waals surface area contributed by atoms with E-state index in [0.29, 0.717) is 5.88 Å². The minimum absolute atomic E-state index is 0.175. The van der Waals surface area contributed by atoms with Gasteiger partial charge in [-0.3, -0.25) is 0 Å². The van der Waals surface area contributed by atoms with Gasteiger partial charge >= 0.3 is 0 Å². The smallest absolute Gasteiger partial charge is 0.0581 e. The van der Waals surface area contributed by atoms with Crippen LogP contribution in [-0.4, -0.2) is 30.2 Å². The second kappa shape index (κ2) is 5.35. The first-order valence-electron chi connectivity index (χ1n) is 2.71. The molecular weight excluding hydrogens is 126 g/mol. The Morgan fingerprint density at radius 2 is 2.38 bits per heavy atom. The van der Waals surface area contributed by atoms with Gasteiger partial charge in [-0.1, -0.05) is 0 Å². The number of alkyl halides is 1. The number of hydrogen-bond acceptors (Lipinski definition) is 2. The Hall–Kier alpha value is 0.210. The van der Waals surface area contributed by atoms with Crippen LogP contribution in [0.5, 0.6) is 0 Å². The number of hydrogen-bond donors (Lipinski definition) is 2.